The molecule has 2 aromatic carbocycles. The van der Waals surface area contributed by atoms with Crippen molar-refractivity contribution in [2.24, 2.45) is 5.10 Å². The molecule has 0 aromatic heterocycles. The van der Waals surface area contributed by atoms with Crippen molar-refractivity contribution in [3.8, 4) is 18.1 Å². The summed E-state index contributed by atoms with van der Waals surface area (Å²) in [6, 6.07) is 13.3. The molecule has 0 atom stereocenters. The van der Waals surface area contributed by atoms with Gasteiger partial charge in [0.15, 0.2) is 0 Å². The maximum absolute atomic E-state index is 12.8. The van der Waals surface area contributed by atoms with Crippen LogP contribution < -0.4 is 9.75 Å². The highest BCUT2D eigenvalue weighted by Gasteiger charge is 2.28. The number of carbonyl (C=O) groups excluding carboxylic acids is 1. The summed E-state index contributed by atoms with van der Waals surface area (Å²) in [4.78, 5) is 12.8. The van der Waals surface area contributed by atoms with Gasteiger partial charge in [-0.3, -0.25) is 4.79 Å². The summed E-state index contributed by atoms with van der Waals surface area (Å²) in [6.07, 6.45) is 7.12. The minimum atomic E-state index is -0.133. The molecule has 3 rings (SSSR count). The monoisotopic (exact) mass is 568 g/mol. The highest BCUT2D eigenvalue weighted by molar-refractivity contribution is 14.1. The van der Waals surface area contributed by atoms with Gasteiger partial charge >= 0.3 is 0 Å². The van der Waals surface area contributed by atoms with Crippen molar-refractivity contribution in [3.05, 3.63) is 60.7 Å². The summed E-state index contributed by atoms with van der Waals surface area (Å²) in [5, 5.41) is 5.83. The number of para-hydroxylation sites is 1. The van der Waals surface area contributed by atoms with Gasteiger partial charge in [0.2, 0.25) is 0 Å². The topological polar surface area (TPSA) is 41.9 Å². The first-order chi connectivity index (χ1) is 12.5. The molecule has 1 aliphatic rings. The average molecular weight is 568 g/mol. The average Bonchev–Trinajstić information content (AvgIpc) is 2.90. The SMILES string of the molecule is C#CCOc1c(I)cc(/C=C2/C(=O)N(c3ccccc3)N=C2C)cc1I. The van der Waals surface area contributed by atoms with Gasteiger partial charge in [0.25, 0.3) is 5.91 Å². The Morgan fingerprint density at radius 3 is 2.50 bits per heavy atom. The summed E-state index contributed by atoms with van der Waals surface area (Å²) in [5.74, 6) is 3.10. The van der Waals surface area contributed by atoms with E-state index in [1.54, 1.807) is 0 Å². The van der Waals surface area contributed by atoms with Crippen LogP contribution >= 0.6 is 45.2 Å². The summed E-state index contributed by atoms with van der Waals surface area (Å²) in [6.45, 7) is 2.07. The number of hydrogen-bond acceptors (Lipinski definition) is 3. The molecule has 0 bridgehead atoms. The number of terminal acetylenes is 1. The number of hydrazone groups is 1. The quantitative estimate of drug-likeness (QED) is 0.305. The molecule has 0 saturated heterocycles. The van der Waals surface area contributed by atoms with Crippen LogP contribution in [0, 0.1) is 19.5 Å². The van der Waals surface area contributed by atoms with E-state index >= 15 is 0 Å². The molecule has 130 valence electrons. The standard InChI is InChI=1S/C20H14I2N2O2/c1-3-9-26-19-17(21)11-14(12-18(19)22)10-16-13(2)23-24(20(16)25)15-7-5-4-6-8-15/h1,4-8,10-12H,9H2,2H3/b16-10+. The van der Waals surface area contributed by atoms with Crippen LogP contribution in [-0.2, 0) is 4.79 Å². The first-order valence-corrected chi connectivity index (χ1v) is 9.89. The number of anilines is 1. The number of hydrogen-bond donors (Lipinski definition) is 0. The van der Waals surface area contributed by atoms with E-state index in [0.717, 1.165) is 24.1 Å². The van der Waals surface area contributed by atoms with Crippen molar-refractivity contribution in [2.45, 2.75) is 6.92 Å². The Hall–Kier alpha value is -1.86. The molecule has 1 aliphatic heterocycles. The zero-order valence-corrected chi connectivity index (χ0v) is 18.2. The summed E-state index contributed by atoms with van der Waals surface area (Å²) in [5.41, 5.74) is 2.94. The Morgan fingerprint density at radius 1 is 1.23 bits per heavy atom. The lowest BCUT2D eigenvalue weighted by molar-refractivity contribution is -0.114. The van der Waals surface area contributed by atoms with Crippen LogP contribution in [0.15, 0.2) is 53.1 Å². The molecule has 0 spiro atoms. The predicted octanol–water partition coefficient (Wildman–Crippen LogP) is 4.71. The van der Waals surface area contributed by atoms with Crippen molar-refractivity contribution in [1.29, 1.82) is 0 Å². The number of rotatable bonds is 4. The molecule has 0 saturated carbocycles. The number of benzene rings is 2. The van der Waals surface area contributed by atoms with E-state index < -0.39 is 0 Å². The summed E-state index contributed by atoms with van der Waals surface area (Å²) < 4.78 is 7.47. The molecule has 6 heteroatoms. The first-order valence-electron chi connectivity index (χ1n) is 7.73. The smallest absolute Gasteiger partial charge is 0.280 e. The van der Waals surface area contributed by atoms with Gasteiger partial charge in [-0.05, 0) is 88.0 Å². The van der Waals surface area contributed by atoms with E-state index in [4.69, 9.17) is 11.2 Å². The van der Waals surface area contributed by atoms with Crippen LogP contribution in [0.1, 0.15) is 12.5 Å². The van der Waals surface area contributed by atoms with Crippen LogP contribution in [0.5, 0.6) is 5.75 Å². The molecule has 0 unspecified atom stereocenters. The fourth-order valence-corrected chi connectivity index (χ4v) is 4.64. The minimum absolute atomic E-state index is 0.133. The van der Waals surface area contributed by atoms with Gasteiger partial charge in [-0.2, -0.15) is 10.1 Å². The Labute approximate surface area is 179 Å². The molecule has 0 radical (unpaired) electrons. The van der Waals surface area contributed by atoms with Gasteiger partial charge in [0.05, 0.1) is 24.1 Å². The zero-order valence-electron chi connectivity index (χ0n) is 13.9. The van der Waals surface area contributed by atoms with Gasteiger partial charge in [-0.1, -0.05) is 24.1 Å². The molecule has 1 amide bonds. The van der Waals surface area contributed by atoms with E-state index in [1.165, 1.54) is 5.01 Å². The lowest BCUT2D eigenvalue weighted by Gasteiger charge is -2.11. The van der Waals surface area contributed by atoms with Crippen molar-refractivity contribution in [2.75, 3.05) is 11.6 Å². The van der Waals surface area contributed by atoms with Crippen molar-refractivity contribution in [1.82, 2.24) is 0 Å². The summed E-state index contributed by atoms with van der Waals surface area (Å²) >= 11 is 4.42. The van der Waals surface area contributed by atoms with E-state index in [9.17, 15) is 4.79 Å². The van der Waals surface area contributed by atoms with Gasteiger partial charge in [-0.25, -0.2) is 0 Å². The number of halogens is 2. The van der Waals surface area contributed by atoms with Crippen LogP contribution in [0.25, 0.3) is 6.08 Å². The number of ether oxygens (including phenoxy) is 1. The third-order valence-electron chi connectivity index (χ3n) is 3.69. The van der Waals surface area contributed by atoms with Gasteiger partial charge in [-0.15, -0.1) is 6.42 Å². The number of carbonyl (C=O) groups is 1. The highest BCUT2D eigenvalue weighted by Crippen LogP contribution is 2.31. The van der Waals surface area contributed by atoms with Gasteiger partial charge in [0, 0.05) is 0 Å². The molecule has 0 aliphatic carbocycles. The molecule has 2 aromatic rings. The molecular formula is C20H14I2N2O2. The molecule has 0 fully saturated rings. The Kier molecular flexibility index (Phi) is 5.98. The largest absolute Gasteiger partial charge is 0.479 e. The molecule has 4 nitrogen and oxygen atoms in total. The van der Waals surface area contributed by atoms with Crippen molar-refractivity contribution >= 4 is 68.6 Å². The van der Waals surface area contributed by atoms with E-state index in [1.807, 2.05) is 55.5 Å². The zero-order chi connectivity index (χ0) is 18.7. The molecular weight excluding hydrogens is 554 g/mol. The van der Waals surface area contributed by atoms with Crippen molar-refractivity contribution in [3.63, 3.8) is 0 Å². The summed E-state index contributed by atoms with van der Waals surface area (Å²) in [7, 11) is 0. The Morgan fingerprint density at radius 2 is 1.88 bits per heavy atom. The number of nitrogens with zero attached hydrogens (tertiary/aromatic N) is 2. The fourth-order valence-electron chi connectivity index (χ4n) is 2.51. The lowest BCUT2D eigenvalue weighted by atomic mass is 10.1. The molecule has 26 heavy (non-hydrogen) atoms. The van der Waals surface area contributed by atoms with E-state index in [0.29, 0.717) is 11.3 Å². The van der Waals surface area contributed by atoms with E-state index in [-0.39, 0.29) is 12.5 Å². The highest BCUT2D eigenvalue weighted by atomic mass is 127. The number of amides is 1. The van der Waals surface area contributed by atoms with Gasteiger partial charge < -0.3 is 4.74 Å². The second-order valence-electron chi connectivity index (χ2n) is 5.50. The Bertz CT molecular complexity index is 937. The van der Waals surface area contributed by atoms with Crippen LogP contribution in [0.4, 0.5) is 5.69 Å². The van der Waals surface area contributed by atoms with Crippen molar-refractivity contribution < 1.29 is 9.53 Å². The third kappa shape index (κ3) is 3.94. The Balaban J connectivity index is 1.92. The fraction of sp³-hybridized carbons (Fsp3) is 0.100. The maximum Gasteiger partial charge on any atom is 0.280 e. The molecule has 1 heterocycles. The van der Waals surface area contributed by atoms with E-state index in [2.05, 4.69) is 56.2 Å². The first kappa shape index (κ1) is 18.9. The maximum atomic E-state index is 12.8. The van der Waals surface area contributed by atoms with Crippen LogP contribution in [-0.4, -0.2) is 18.2 Å². The second-order valence-corrected chi connectivity index (χ2v) is 7.83. The van der Waals surface area contributed by atoms with Crippen LogP contribution in [0.3, 0.4) is 0 Å². The minimum Gasteiger partial charge on any atom is -0.479 e. The van der Waals surface area contributed by atoms with Gasteiger partial charge in [0.1, 0.15) is 12.4 Å². The normalized spacial score (nSPS) is 15.2. The molecule has 0 N–H and O–H groups in total. The predicted molar refractivity (Wildman–Crippen MR) is 121 cm³/mol. The van der Waals surface area contributed by atoms with Crippen LogP contribution in [0.2, 0.25) is 0 Å². The lowest BCUT2D eigenvalue weighted by Crippen LogP contribution is -2.21. The second kappa shape index (κ2) is 8.22. The third-order valence-corrected chi connectivity index (χ3v) is 5.30.